The number of ether oxygens (including phenoxy) is 12. The predicted octanol–water partition coefficient (Wildman–Crippen LogP) is 16.9. The third-order valence-corrected chi connectivity index (χ3v) is 20.5. The number of hydrogen-bond acceptors (Lipinski definition) is 22. The number of phenols is 1. The van der Waals surface area contributed by atoms with Crippen molar-refractivity contribution in [1.29, 1.82) is 0 Å². The van der Waals surface area contributed by atoms with Crippen molar-refractivity contribution in [3.05, 3.63) is 88.5 Å². The summed E-state index contributed by atoms with van der Waals surface area (Å²) in [5.41, 5.74) is 4.25. The number of hydrogen-bond donors (Lipinski definition) is 1. The number of nitrogens with zero attached hydrogens (tertiary/aromatic N) is 5. The van der Waals surface area contributed by atoms with Gasteiger partial charge in [0.2, 0.25) is 18.2 Å². The number of aromatic hydroxyl groups is 1. The van der Waals surface area contributed by atoms with E-state index in [1.54, 1.807) is 40.6 Å². The first-order valence-electron chi connectivity index (χ1n) is 38.3. The Bertz CT molecular complexity index is 3150. The molecule has 22 nitrogen and oxygen atoms in total. The second kappa shape index (κ2) is 44.4. The maximum Gasteiger partial charge on any atom is 0.323 e. The summed E-state index contributed by atoms with van der Waals surface area (Å²) in [5, 5.41) is 9.01. The van der Waals surface area contributed by atoms with Gasteiger partial charge in [-0.1, -0.05) is 130 Å². The van der Waals surface area contributed by atoms with E-state index in [9.17, 15) is 19.2 Å². The summed E-state index contributed by atoms with van der Waals surface area (Å²) in [7, 11) is 6.59. The number of benzene rings is 3. The summed E-state index contributed by atoms with van der Waals surface area (Å²) >= 11 is 0. The van der Waals surface area contributed by atoms with Crippen LogP contribution in [-0.2, 0) is 75.0 Å². The third kappa shape index (κ3) is 28.3. The van der Waals surface area contributed by atoms with Crippen LogP contribution in [0.15, 0.2) is 60.7 Å². The summed E-state index contributed by atoms with van der Waals surface area (Å²) in [6.07, 6.45) is 11.6. The van der Waals surface area contributed by atoms with Gasteiger partial charge < -0.3 is 71.7 Å². The van der Waals surface area contributed by atoms with Crippen molar-refractivity contribution < 1.29 is 81.1 Å². The summed E-state index contributed by atoms with van der Waals surface area (Å²) in [4.78, 5) is 65.1. The molecule has 1 aromatic heterocycles. The molecule has 4 aromatic rings. The quantitative estimate of drug-likeness (QED) is 0.0195. The monoisotopic (exact) mass is 1470 g/mol. The van der Waals surface area contributed by atoms with E-state index in [4.69, 9.17) is 61.9 Å². The summed E-state index contributed by atoms with van der Waals surface area (Å²) in [5.74, 6) is 4.13. The van der Waals surface area contributed by atoms with Gasteiger partial charge >= 0.3 is 29.9 Å². The van der Waals surface area contributed by atoms with Crippen molar-refractivity contribution in [2.24, 2.45) is 39.4 Å². The van der Waals surface area contributed by atoms with Crippen LogP contribution in [0.25, 0.3) is 0 Å². The number of methoxy groups -OCH3 is 4. The Morgan fingerprint density at radius 1 is 0.600 bits per heavy atom. The van der Waals surface area contributed by atoms with Gasteiger partial charge in [-0.15, -0.1) is 0 Å². The molecular formula is C83H133N5O17. The van der Waals surface area contributed by atoms with Gasteiger partial charge in [0.25, 0.3) is 0 Å². The Balaban J connectivity index is 0.000000286. The highest BCUT2D eigenvalue weighted by molar-refractivity contribution is 5.79. The van der Waals surface area contributed by atoms with Crippen LogP contribution in [0.2, 0.25) is 0 Å². The van der Waals surface area contributed by atoms with Gasteiger partial charge in [-0.25, -0.2) is 0 Å². The number of anilines is 2. The molecule has 1 aliphatic heterocycles. The van der Waals surface area contributed by atoms with Gasteiger partial charge in [0, 0.05) is 69.9 Å². The highest BCUT2D eigenvalue weighted by atomic mass is 16.7. The third-order valence-electron chi connectivity index (χ3n) is 20.5. The lowest BCUT2D eigenvalue weighted by molar-refractivity contribution is -0.228. The van der Waals surface area contributed by atoms with E-state index in [0.29, 0.717) is 101 Å². The van der Waals surface area contributed by atoms with Crippen molar-refractivity contribution in [2.45, 2.75) is 258 Å². The zero-order valence-electron chi connectivity index (χ0n) is 68.2. The summed E-state index contributed by atoms with van der Waals surface area (Å²) in [6, 6.07) is 20.1. The molecule has 0 amide bonds. The van der Waals surface area contributed by atoms with E-state index >= 15 is 0 Å². The van der Waals surface area contributed by atoms with Crippen molar-refractivity contribution in [1.82, 2.24) is 15.0 Å². The van der Waals surface area contributed by atoms with Crippen LogP contribution in [0.5, 0.6) is 23.3 Å². The Kier molecular flexibility index (Phi) is 38.3. The van der Waals surface area contributed by atoms with Crippen LogP contribution in [0.4, 0.5) is 11.9 Å². The predicted molar refractivity (Wildman–Crippen MR) is 411 cm³/mol. The molecule has 2 bridgehead atoms. The molecule has 592 valence electrons. The maximum absolute atomic E-state index is 12.3. The number of rotatable bonds is 35. The fourth-order valence-corrected chi connectivity index (χ4v) is 12.0. The van der Waals surface area contributed by atoms with E-state index in [1.807, 2.05) is 110 Å². The highest BCUT2D eigenvalue weighted by Crippen LogP contribution is 2.56. The van der Waals surface area contributed by atoms with Gasteiger partial charge in [0.15, 0.2) is 0 Å². The zero-order valence-corrected chi connectivity index (χ0v) is 68.2. The average molecular weight is 1470 g/mol. The van der Waals surface area contributed by atoms with Gasteiger partial charge in [0.1, 0.15) is 69.3 Å². The van der Waals surface area contributed by atoms with Crippen LogP contribution in [-0.4, -0.2) is 150 Å². The summed E-state index contributed by atoms with van der Waals surface area (Å²) < 4.78 is 66.8. The van der Waals surface area contributed by atoms with Gasteiger partial charge in [-0.3, -0.25) is 19.2 Å². The number of fused-ring (bicyclic) bond motifs is 1. The van der Waals surface area contributed by atoms with E-state index in [2.05, 4.69) is 94.6 Å². The zero-order chi connectivity index (χ0) is 78.2. The van der Waals surface area contributed by atoms with Crippen molar-refractivity contribution >= 4 is 35.8 Å². The van der Waals surface area contributed by atoms with Gasteiger partial charge in [-0.2, -0.15) is 15.0 Å². The molecule has 1 N–H and O–H groups in total. The Morgan fingerprint density at radius 3 is 1.56 bits per heavy atom. The molecule has 2 heterocycles. The van der Waals surface area contributed by atoms with E-state index in [1.165, 1.54) is 36.0 Å². The first-order chi connectivity index (χ1) is 49.7. The molecule has 8 unspecified atom stereocenters. The molecular weight excluding hydrogens is 1340 g/mol. The largest absolute Gasteiger partial charge is 0.508 e. The lowest BCUT2D eigenvalue weighted by Gasteiger charge is -2.36. The standard InChI is InChI=1S/C23H32O4.C19H35N5O5.C17H32O3.C14H20O4.C10H14O/c1-6-18(3)19-7-9-22(10-8-19)26-11-12-27-23-20(15-24-4)13-17(2)14-21(23)16-25-5;1-8-19(4,5)15(25)28-11-12-29-18-21-16(23(9-2)13-26-6)20-17(22-18)24(10-3)14-27-7;1-7-17(5,6)14(18)20-15(16(2,3)4)19-13-11-9-8-10-12-13;1-4-14(2,3)13(16)18-10-7-5-8-9(6-7)12(15)17-11(8)10;1-3-8(2)9-4-6-10(11)7-5-9/h7-10,13-14,18H,6,11-12,15-16H2,1-5H3;8-14H2,1-7H3;13,15H,7-12H2,1-6H3;7-11H,4-6H2,1-3H3;4-8,11H,3H2,1-2H3. The van der Waals surface area contributed by atoms with E-state index < -0.39 is 22.5 Å². The molecule has 3 aromatic carbocycles. The highest BCUT2D eigenvalue weighted by Gasteiger charge is 2.63. The first kappa shape index (κ1) is 90.5. The number of carbonyl (C=O) groups is 4. The summed E-state index contributed by atoms with van der Waals surface area (Å²) in [6.45, 7) is 42.5. The second-order valence-electron chi connectivity index (χ2n) is 31.0. The van der Waals surface area contributed by atoms with E-state index in [-0.39, 0.29) is 72.7 Å². The fourth-order valence-electron chi connectivity index (χ4n) is 12.0. The average Bonchev–Trinajstić information content (AvgIpc) is 1.57. The Labute approximate surface area is 629 Å². The molecule has 4 aliphatic rings. The van der Waals surface area contributed by atoms with E-state index in [0.717, 1.165) is 74.0 Å². The number of aryl methyl sites for hydroxylation is 1. The lowest BCUT2D eigenvalue weighted by Crippen LogP contribution is -2.41. The molecule has 8 rings (SSSR count). The SMILES string of the molecule is CCC(C)(C)C(=O)OC(OC1CCCCC1)C(C)(C)C.CCC(C)(C)C(=O)OC1C2CC3C(=O)OC1C3C2.CCC(C)c1ccc(O)cc1.CCC(C)c1ccc(OCCOc2c(COC)cc(C)cc2COC)cc1.CCN(COC)c1nc(OCCOC(=O)C(C)(C)CC)nc(N(CC)COC)n1. The molecule has 105 heavy (non-hydrogen) atoms. The van der Waals surface area contributed by atoms with Crippen LogP contribution >= 0.6 is 0 Å². The number of esters is 4. The van der Waals surface area contributed by atoms with Crippen molar-refractivity contribution in [3.8, 4) is 23.3 Å². The molecule has 3 aliphatic carbocycles. The smallest absolute Gasteiger partial charge is 0.323 e. The molecule has 4 fully saturated rings. The minimum absolute atomic E-state index is 0.0779. The van der Waals surface area contributed by atoms with Crippen LogP contribution in [0, 0.1) is 46.3 Å². The first-order valence-corrected chi connectivity index (χ1v) is 38.3. The minimum atomic E-state index is -0.517. The molecule has 8 atom stereocenters. The molecule has 0 radical (unpaired) electrons. The fraction of sp³-hybridized carbons (Fsp3) is 0.699. The molecule has 22 heteroatoms. The maximum atomic E-state index is 12.3. The Hall–Kier alpha value is -6.85. The van der Waals surface area contributed by atoms with Crippen molar-refractivity contribution in [2.75, 3.05) is 91.2 Å². The number of carbonyl (C=O) groups excluding carboxylic acids is 4. The molecule has 1 saturated heterocycles. The lowest BCUT2D eigenvalue weighted by atomic mass is 9.87. The van der Waals surface area contributed by atoms with Crippen LogP contribution < -0.4 is 24.0 Å². The molecule has 0 spiro atoms. The molecule has 3 saturated carbocycles. The number of aromatic nitrogens is 3. The minimum Gasteiger partial charge on any atom is -0.508 e. The van der Waals surface area contributed by atoms with Gasteiger partial charge in [-0.05, 0) is 167 Å². The topological polar surface area (TPSA) is 244 Å². The number of phenolic OH excluding ortho intramolecular Hbond substituents is 1. The van der Waals surface area contributed by atoms with Gasteiger partial charge in [0.05, 0.1) is 41.5 Å². The normalized spacial score (nSPS) is 18.4. The Morgan fingerprint density at radius 2 is 1.09 bits per heavy atom. The van der Waals surface area contributed by atoms with Crippen LogP contribution in [0.3, 0.4) is 0 Å². The second-order valence-corrected chi connectivity index (χ2v) is 31.0. The van der Waals surface area contributed by atoms with Crippen LogP contribution in [0.1, 0.15) is 241 Å². The van der Waals surface area contributed by atoms with Crippen molar-refractivity contribution in [3.63, 3.8) is 0 Å².